The molecule has 0 unspecified atom stereocenters. The Labute approximate surface area is 155 Å². The van der Waals surface area contributed by atoms with E-state index in [2.05, 4.69) is 5.32 Å². The molecule has 0 bridgehead atoms. The Bertz CT molecular complexity index is 633. The van der Waals surface area contributed by atoms with E-state index in [0.717, 1.165) is 24.0 Å². The summed E-state index contributed by atoms with van der Waals surface area (Å²) in [5.41, 5.74) is 6.91. The van der Waals surface area contributed by atoms with Gasteiger partial charge in [-0.3, -0.25) is 4.79 Å². The van der Waals surface area contributed by atoms with Crippen LogP contribution in [-0.2, 0) is 12.8 Å². The maximum absolute atomic E-state index is 13.1. The van der Waals surface area contributed by atoms with Crippen molar-refractivity contribution in [2.24, 2.45) is 5.73 Å². The summed E-state index contributed by atoms with van der Waals surface area (Å²) in [7, 11) is 0. The van der Waals surface area contributed by atoms with Gasteiger partial charge in [0.05, 0.1) is 5.56 Å². The van der Waals surface area contributed by atoms with Crippen LogP contribution in [0.3, 0.4) is 0 Å². The minimum Gasteiger partial charge on any atom is -0.486 e. The van der Waals surface area contributed by atoms with Crippen LogP contribution in [0.4, 0.5) is 22.0 Å². The summed E-state index contributed by atoms with van der Waals surface area (Å²) < 4.78 is 67.9. The molecular weight excluding hydrogens is 371 g/mol. The number of benzene rings is 1. The van der Waals surface area contributed by atoms with Gasteiger partial charge in [-0.15, -0.1) is 0 Å². The minimum atomic E-state index is -5.72. The number of rotatable bonds is 6. The predicted molar refractivity (Wildman–Crippen MR) is 92.3 cm³/mol. The molecule has 27 heavy (non-hydrogen) atoms. The molecule has 0 spiro atoms. The van der Waals surface area contributed by atoms with Gasteiger partial charge in [-0.2, -0.15) is 22.0 Å². The number of nitrogens with one attached hydrogen (secondary N) is 1. The van der Waals surface area contributed by atoms with Crippen LogP contribution in [0.2, 0.25) is 0 Å². The lowest BCUT2D eigenvalue weighted by Gasteiger charge is -2.23. The van der Waals surface area contributed by atoms with E-state index in [1.165, 1.54) is 12.1 Å². The highest BCUT2D eigenvalue weighted by Crippen LogP contribution is 2.37. The average molecular weight is 396 g/mol. The van der Waals surface area contributed by atoms with Crippen molar-refractivity contribution in [1.29, 1.82) is 0 Å². The number of carbonyl (C=O) groups excluding carboxylic acids is 1. The maximum Gasteiger partial charge on any atom is 0.456 e. The number of ether oxygens (including phenoxy) is 1. The Kier molecular flexibility index (Phi) is 8.46. The molecule has 0 fully saturated rings. The first-order valence-corrected chi connectivity index (χ1v) is 8.87. The molecule has 0 saturated heterocycles. The van der Waals surface area contributed by atoms with Crippen LogP contribution in [0, 0.1) is 0 Å². The molecule has 0 aromatic heterocycles. The molecule has 0 atom stereocenters. The van der Waals surface area contributed by atoms with Crippen molar-refractivity contribution < 1.29 is 31.5 Å². The first-order valence-electron chi connectivity index (χ1n) is 8.87. The molecule has 1 amide bonds. The molecule has 9 heteroatoms. The predicted octanol–water partition coefficient (Wildman–Crippen LogP) is 3.86. The summed E-state index contributed by atoms with van der Waals surface area (Å²) in [6.07, 6.45) is -2.55. The fourth-order valence-electron chi connectivity index (χ4n) is 2.59. The van der Waals surface area contributed by atoms with Crippen LogP contribution in [0.15, 0.2) is 12.1 Å². The van der Waals surface area contributed by atoms with E-state index < -0.39 is 24.6 Å². The van der Waals surface area contributed by atoms with Crippen molar-refractivity contribution in [3.8, 4) is 5.75 Å². The van der Waals surface area contributed by atoms with Crippen LogP contribution in [0.5, 0.6) is 5.75 Å². The SMILES string of the molecule is CC.NCCNC(=O)c1cc2c(cc1OCC(F)(F)C(F)(F)F)CCCC2. The molecule has 154 valence electrons. The van der Waals surface area contributed by atoms with E-state index in [-0.39, 0.29) is 24.4 Å². The minimum absolute atomic E-state index is 0.0629. The van der Waals surface area contributed by atoms with Gasteiger partial charge in [-0.05, 0) is 48.9 Å². The van der Waals surface area contributed by atoms with Crippen molar-refractivity contribution in [3.63, 3.8) is 0 Å². The Morgan fingerprint density at radius 3 is 2.19 bits per heavy atom. The number of hydrogen-bond acceptors (Lipinski definition) is 3. The molecule has 0 heterocycles. The zero-order chi connectivity index (χ0) is 20.7. The zero-order valence-corrected chi connectivity index (χ0v) is 15.4. The van der Waals surface area contributed by atoms with E-state index in [1.54, 1.807) is 0 Å². The molecule has 4 nitrogen and oxygen atoms in total. The fourth-order valence-corrected chi connectivity index (χ4v) is 2.59. The van der Waals surface area contributed by atoms with E-state index in [0.29, 0.717) is 12.8 Å². The zero-order valence-electron chi connectivity index (χ0n) is 15.4. The van der Waals surface area contributed by atoms with Gasteiger partial charge in [-0.1, -0.05) is 13.8 Å². The number of fused-ring (bicyclic) bond motifs is 1. The monoisotopic (exact) mass is 396 g/mol. The number of hydrogen-bond donors (Lipinski definition) is 2. The smallest absolute Gasteiger partial charge is 0.456 e. The third-order valence-electron chi connectivity index (χ3n) is 3.94. The summed E-state index contributed by atoms with van der Waals surface area (Å²) >= 11 is 0. The maximum atomic E-state index is 13.1. The van der Waals surface area contributed by atoms with Gasteiger partial charge < -0.3 is 15.8 Å². The second-order valence-electron chi connectivity index (χ2n) is 5.86. The third kappa shape index (κ3) is 6.05. The molecular formula is C18H25F5N2O2. The number of nitrogens with two attached hydrogens (primary N) is 1. The van der Waals surface area contributed by atoms with Gasteiger partial charge in [0.1, 0.15) is 5.75 Å². The van der Waals surface area contributed by atoms with E-state index in [9.17, 15) is 26.7 Å². The molecule has 1 aromatic carbocycles. The Morgan fingerprint density at radius 2 is 1.67 bits per heavy atom. The number of alkyl halides is 5. The summed E-state index contributed by atoms with van der Waals surface area (Å²) in [5, 5.41) is 2.47. The van der Waals surface area contributed by atoms with Crippen molar-refractivity contribution in [2.45, 2.75) is 51.6 Å². The molecule has 2 rings (SSSR count). The second-order valence-corrected chi connectivity index (χ2v) is 5.86. The molecule has 0 radical (unpaired) electrons. The molecule has 0 aliphatic heterocycles. The van der Waals surface area contributed by atoms with Crippen LogP contribution in [-0.4, -0.2) is 37.7 Å². The lowest BCUT2D eigenvalue weighted by atomic mass is 9.89. The van der Waals surface area contributed by atoms with Crippen molar-refractivity contribution >= 4 is 5.91 Å². The Morgan fingerprint density at radius 1 is 1.11 bits per heavy atom. The molecule has 0 saturated carbocycles. The standard InChI is InChI=1S/C16H19F5N2O2.C2H6/c17-15(18,16(19,20)21)9-25-13-8-11-4-2-1-3-10(11)7-12(13)14(24)23-6-5-22;1-2/h7-8H,1-6,9,22H2,(H,23,24);1-2H3. The fraction of sp³-hybridized carbons (Fsp3) is 0.611. The lowest BCUT2D eigenvalue weighted by Crippen LogP contribution is -2.42. The van der Waals surface area contributed by atoms with Gasteiger partial charge in [0.2, 0.25) is 0 Å². The highest BCUT2D eigenvalue weighted by Gasteiger charge is 2.58. The highest BCUT2D eigenvalue weighted by molar-refractivity contribution is 5.97. The molecule has 1 aliphatic carbocycles. The summed E-state index contributed by atoms with van der Waals surface area (Å²) in [4.78, 5) is 12.2. The first-order chi connectivity index (χ1) is 12.7. The van der Waals surface area contributed by atoms with E-state index in [1.807, 2.05) is 13.8 Å². The van der Waals surface area contributed by atoms with E-state index >= 15 is 0 Å². The normalized spacial score (nSPS) is 13.9. The van der Waals surface area contributed by atoms with Gasteiger partial charge in [0, 0.05) is 13.1 Å². The van der Waals surface area contributed by atoms with Gasteiger partial charge in [0.15, 0.2) is 6.61 Å². The topological polar surface area (TPSA) is 64.3 Å². The molecule has 1 aromatic rings. The molecule has 1 aliphatic rings. The van der Waals surface area contributed by atoms with Crippen LogP contribution >= 0.6 is 0 Å². The highest BCUT2D eigenvalue weighted by atomic mass is 19.4. The van der Waals surface area contributed by atoms with E-state index in [4.69, 9.17) is 10.5 Å². The van der Waals surface area contributed by atoms with Crippen LogP contribution < -0.4 is 15.8 Å². The van der Waals surface area contributed by atoms with Crippen molar-refractivity contribution in [2.75, 3.05) is 19.7 Å². The summed E-state index contributed by atoms with van der Waals surface area (Å²) in [5.74, 6) is -5.91. The Hall–Kier alpha value is -1.90. The number of halogens is 5. The summed E-state index contributed by atoms with van der Waals surface area (Å²) in [6, 6.07) is 2.89. The number of carbonyl (C=O) groups is 1. The first kappa shape index (κ1) is 23.1. The van der Waals surface area contributed by atoms with Crippen molar-refractivity contribution in [1.82, 2.24) is 5.32 Å². The quantitative estimate of drug-likeness (QED) is 0.718. The van der Waals surface area contributed by atoms with Gasteiger partial charge in [0.25, 0.3) is 5.91 Å². The Balaban J connectivity index is 0.00000176. The number of aryl methyl sites for hydroxylation is 2. The molecule has 3 N–H and O–H groups in total. The third-order valence-corrected chi connectivity index (χ3v) is 3.94. The van der Waals surface area contributed by atoms with Crippen LogP contribution in [0.25, 0.3) is 0 Å². The lowest BCUT2D eigenvalue weighted by molar-refractivity contribution is -0.290. The van der Waals surface area contributed by atoms with Crippen molar-refractivity contribution in [3.05, 3.63) is 28.8 Å². The second kappa shape index (κ2) is 9.87. The van der Waals surface area contributed by atoms with Crippen LogP contribution in [0.1, 0.15) is 48.2 Å². The summed E-state index contributed by atoms with van der Waals surface area (Å²) in [6.45, 7) is 2.43. The van der Waals surface area contributed by atoms with Gasteiger partial charge in [-0.25, -0.2) is 0 Å². The number of amides is 1. The largest absolute Gasteiger partial charge is 0.486 e. The average Bonchev–Trinajstić information content (AvgIpc) is 2.64. The van der Waals surface area contributed by atoms with Gasteiger partial charge >= 0.3 is 12.1 Å².